The number of rotatable bonds is 3. The van der Waals surface area contributed by atoms with Crippen molar-refractivity contribution in [2.75, 3.05) is 13.7 Å². The molecule has 0 saturated heterocycles. The fraction of sp³-hybridized carbons (Fsp3) is 0.385. The van der Waals surface area contributed by atoms with Crippen LogP contribution in [0, 0.1) is 0 Å². The highest BCUT2D eigenvalue weighted by Gasteiger charge is 2.34. The number of nitrogens with one attached hydrogen (secondary N) is 1. The Hall–Kier alpha value is -1.82. The molecule has 1 aliphatic heterocycles. The molecule has 102 valence electrons. The quantitative estimate of drug-likeness (QED) is 0.675. The Morgan fingerprint density at radius 1 is 1.63 bits per heavy atom. The second-order valence-corrected chi connectivity index (χ2v) is 4.56. The molecule has 0 amide bonds. The van der Waals surface area contributed by atoms with E-state index in [0.717, 1.165) is 5.70 Å². The van der Waals surface area contributed by atoms with Crippen LogP contribution in [0.3, 0.4) is 0 Å². The van der Waals surface area contributed by atoms with E-state index in [4.69, 9.17) is 21.4 Å². The maximum Gasteiger partial charge on any atom is 0.338 e. The van der Waals surface area contributed by atoms with Crippen molar-refractivity contribution in [3.8, 4) is 0 Å². The molecule has 1 N–H and O–H groups in total. The summed E-state index contributed by atoms with van der Waals surface area (Å²) in [7, 11) is 1.81. The number of allylic oxidation sites excluding steroid dienone is 1. The summed E-state index contributed by atoms with van der Waals surface area (Å²) in [6.45, 7) is 3.95. The fourth-order valence-corrected chi connectivity index (χ4v) is 2.23. The lowest BCUT2D eigenvalue weighted by molar-refractivity contribution is -0.139. The highest BCUT2D eigenvalue weighted by atomic mass is 32.1. The monoisotopic (exact) mass is 280 g/mol. The van der Waals surface area contributed by atoms with Crippen LogP contribution < -0.4 is 5.32 Å². The van der Waals surface area contributed by atoms with Crippen LogP contribution >= 0.6 is 12.2 Å². The van der Waals surface area contributed by atoms with E-state index in [-0.39, 0.29) is 5.97 Å². The summed E-state index contributed by atoms with van der Waals surface area (Å²) in [4.78, 5) is 13.9. The van der Waals surface area contributed by atoms with Gasteiger partial charge in [-0.3, -0.25) is 0 Å². The zero-order chi connectivity index (χ0) is 14.0. The standard InChI is InChI=1S/C13H16N2O3S/c1-4-17-12(16)10-8(2)15(3)13(19)14-11(10)9-6-5-7-18-9/h5-7,11H,4H2,1-3H3,(H,14,19)/t11-/m1/s1. The highest BCUT2D eigenvalue weighted by Crippen LogP contribution is 2.30. The smallest absolute Gasteiger partial charge is 0.338 e. The minimum atomic E-state index is -0.405. The second-order valence-electron chi connectivity index (χ2n) is 4.18. The largest absolute Gasteiger partial charge is 0.467 e. The second kappa shape index (κ2) is 5.44. The first-order valence-electron chi connectivity index (χ1n) is 6.01. The number of hydrogen-bond donors (Lipinski definition) is 1. The number of thiocarbonyl (C=S) groups is 1. The average Bonchev–Trinajstić information content (AvgIpc) is 2.89. The molecular weight excluding hydrogens is 264 g/mol. The third-order valence-electron chi connectivity index (χ3n) is 3.08. The molecule has 1 aliphatic rings. The molecule has 0 aliphatic carbocycles. The van der Waals surface area contributed by atoms with Crippen LogP contribution in [0.2, 0.25) is 0 Å². The van der Waals surface area contributed by atoms with E-state index in [1.54, 1.807) is 30.2 Å². The van der Waals surface area contributed by atoms with E-state index in [1.807, 2.05) is 14.0 Å². The summed E-state index contributed by atoms with van der Waals surface area (Å²) < 4.78 is 10.5. The molecule has 19 heavy (non-hydrogen) atoms. The number of carbonyl (C=O) groups is 1. The summed E-state index contributed by atoms with van der Waals surface area (Å²) in [5.41, 5.74) is 1.29. The maximum absolute atomic E-state index is 12.1. The van der Waals surface area contributed by atoms with E-state index in [2.05, 4.69) is 5.32 Å². The molecule has 1 aromatic heterocycles. The minimum Gasteiger partial charge on any atom is -0.467 e. The van der Waals surface area contributed by atoms with Crippen molar-refractivity contribution in [1.29, 1.82) is 0 Å². The number of carbonyl (C=O) groups excluding carboxylic acids is 1. The van der Waals surface area contributed by atoms with Gasteiger partial charge in [0.1, 0.15) is 11.8 Å². The molecule has 0 spiro atoms. The lowest BCUT2D eigenvalue weighted by Gasteiger charge is -2.34. The summed E-state index contributed by atoms with van der Waals surface area (Å²) in [5.74, 6) is 0.279. The van der Waals surface area contributed by atoms with E-state index < -0.39 is 6.04 Å². The molecule has 0 radical (unpaired) electrons. The van der Waals surface area contributed by atoms with Gasteiger partial charge in [0.2, 0.25) is 0 Å². The van der Waals surface area contributed by atoms with Crippen LogP contribution in [0.15, 0.2) is 34.1 Å². The van der Waals surface area contributed by atoms with Crippen molar-refractivity contribution in [2.24, 2.45) is 0 Å². The predicted octanol–water partition coefficient (Wildman–Crippen LogP) is 1.98. The highest BCUT2D eigenvalue weighted by molar-refractivity contribution is 7.80. The molecule has 2 rings (SSSR count). The van der Waals surface area contributed by atoms with Crippen LogP contribution in [-0.4, -0.2) is 29.6 Å². The normalized spacial score (nSPS) is 19.4. The van der Waals surface area contributed by atoms with Crippen LogP contribution in [0.5, 0.6) is 0 Å². The summed E-state index contributed by atoms with van der Waals surface area (Å²) >= 11 is 5.25. The van der Waals surface area contributed by atoms with Crippen LogP contribution in [0.25, 0.3) is 0 Å². The molecular formula is C13H16N2O3S. The number of nitrogens with zero attached hydrogens (tertiary/aromatic N) is 1. The number of hydrogen-bond acceptors (Lipinski definition) is 4. The lowest BCUT2D eigenvalue weighted by Crippen LogP contribution is -2.46. The third kappa shape index (κ3) is 2.49. The molecule has 1 atom stereocenters. The number of furan rings is 1. The van der Waals surface area contributed by atoms with Crippen LogP contribution in [-0.2, 0) is 9.53 Å². The van der Waals surface area contributed by atoms with Crippen molar-refractivity contribution in [3.63, 3.8) is 0 Å². The first-order chi connectivity index (χ1) is 9.06. The van der Waals surface area contributed by atoms with Crippen LogP contribution in [0.4, 0.5) is 0 Å². The Bertz CT molecular complexity index is 522. The SMILES string of the molecule is CCOC(=O)C1=C(C)N(C)C(=S)N[C@@H]1c1ccco1. The van der Waals surface area contributed by atoms with Gasteiger partial charge in [-0.1, -0.05) is 0 Å². The first kappa shape index (κ1) is 13.6. The zero-order valence-electron chi connectivity index (χ0n) is 11.1. The van der Waals surface area contributed by atoms with Crippen LogP contribution in [0.1, 0.15) is 25.6 Å². The molecule has 0 unspecified atom stereocenters. The lowest BCUT2D eigenvalue weighted by atomic mass is 10.0. The molecule has 5 nitrogen and oxygen atoms in total. The average molecular weight is 280 g/mol. The van der Waals surface area contributed by atoms with E-state index >= 15 is 0 Å². The first-order valence-corrected chi connectivity index (χ1v) is 6.42. The summed E-state index contributed by atoms with van der Waals surface area (Å²) in [6.07, 6.45) is 1.57. The molecule has 6 heteroatoms. The number of esters is 1. The molecule has 0 fully saturated rings. The Labute approximate surface area is 117 Å². The van der Waals surface area contributed by atoms with Crippen molar-refractivity contribution in [2.45, 2.75) is 19.9 Å². The predicted molar refractivity (Wildman–Crippen MR) is 74.3 cm³/mol. The van der Waals surface area contributed by atoms with Crippen molar-refractivity contribution < 1.29 is 13.9 Å². The number of ether oxygens (including phenoxy) is 1. The Morgan fingerprint density at radius 3 is 2.95 bits per heavy atom. The molecule has 2 heterocycles. The fourth-order valence-electron chi connectivity index (χ4n) is 1.98. The van der Waals surface area contributed by atoms with Gasteiger partial charge in [-0.2, -0.15) is 0 Å². The van der Waals surface area contributed by atoms with Gasteiger partial charge in [-0.15, -0.1) is 0 Å². The van der Waals surface area contributed by atoms with E-state index in [9.17, 15) is 4.79 Å². The van der Waals surface area contributed by atoms with Gasteiger partial charge in [0.15, 0.2) is 5.11 Å². The third-order valence-corrected chi connectivity index (χ3v) is 3.47. The molecule has 0 saturated carbocycles. The van der Waals surface area contributed by atoms with Crippen molar-refractivity contribution in [1.82, 2.24) is 10.2 Å². The van der Waals surface area contributed by atoms with E-state index in [0.29, 0.717) is 23.1 Å². The molecule has 0 bridgehead atoms. The van der Waals surface area contributed by atoms with Gasteiger partial charge in [0.25, 0.3) is 0 Å². The van der Waals surface area contributed by atoms with Gasteiger partial charge in [0, 0.05) is 12.7 Å². The maximum atomic E-state index is 12.1. The molecule has 0 aromatic carbocycles. The Balaban J connectivity index is 2.45. The summed E-state index contributed by atoms with van der Waals surface area (Å²) in [6, 6.07) is 3.17. The van der Waals surface area contributed by atoms with Crippen molar-refractivity contribution in [3.05, 3.63) is 35.4 Å². The topological polar surface area (TPSA) is 54.7 Å². The minimum absolute atomic E-state index is 0.328. The van der Waals surface area contributed by atoms with Gasteiger partial charge in [-0.25, -0.2) is 4.79 Å². The van der Waals surface area contributed by atoms with Crippen molar-refractivity contribution >= 4 is 23.3 Å². The zero-order valence-corrected chi connectivity index (χ0v) is 11.9. The van der Waals surface area contributed by atoms with Gasteiger partial charge >= 0.3 is 5.97 Å². The van der Waals surface area contributed by atoms with Gasteiger partial charge < -0.3 is 19.4 Å². The Morgan fingerprint density at radius 2 is 2.37 bits per heavy atom. The molecule has 1 aromatic rings. The van der Waals surface area contributed by atoms with E-state index in [1.165, 1.54) is 0 Å². The summed E-state index contributed by atoms with van der Waals surface area (Å²) in [5, 5.41) is 3.64. The van der Waals surface area contributed by atoms with Gasteiger partial charge in [-0.05, 0) is 38.2 Å². The Kier molecular flexibility index (Phi) is 3.90. The van der Waals surface area contributed by atoms with Gasteiger partial charge in [0.05, 0.1) is 18.4 Å².